The minimum Gasteiger partial charge on any atom is -0.497 e. The van der Waals surface area contributed by atoms with Crippen LogP contribution in [0.2, 0.25) is 0 Å². The van der Waals surface area contributed by atoms with Gasteiger partial charge in [0.05, 0.1) is 25.5 Å². The van der Waals surface area contributed by atoms with Gasteiger partial charge in [0, 0.05) is 16.1 Å². The second-order valence-electron chi connectivity index (χ2n) is 7.67. The average molecular weight is 474 g/mol. The highest BCUT2D eigenvalue weighted by Gasteiger charge is 2.35. The van der Waals surface area contributed by atoms with E-state index in [4.69, 9.17) is 19.6 Å². The van der Waals surface area contributed by atoms with Crippen molar-refractivity contribution in [1.82, 2.24) is 14.8 Å². The van der Waals surface area contributed by atoms with E-state index < -0.39 is 6.04 Å². The molecule has 0 aliphatic carbocycles. The summed E-state index contributed by atoms with van der Waals surface area (Å²) in [5.41, 5.74) is 2.69. The third-order valence-electron chi connectivity index (χ3n) is 5.59. The zero-order valence-electron chi connectivity index (χ0n) is 18.9. The van der Waals surface area contributed by atoms with Gasteiger partial charge in [-0.1, -0.05) is 30.3 Å². The summed E-state index contributed by atoms with van der Waals surface area (Å²) in [6.45, 7) is 1.88. The van der Waals surface area contributed by atoms with Gasteiger partial charge in [-0.25, -0.2) is 4.68 Å². The number of carbonyl (C=O) groups excluding carboxylic acids is 1. The first-order valence-electron chi connectivity index (χ1n) is 10.7. The lowest BCUT2D eigenvalue weighted by Gasteiger charge is -2.27. The Morgan fingerprint density at radius 3 is 2.71 bits per heavy atom. The fourth-order valence-corrected chi connectivity index (χ4v) is 4.80. The Hall–Kier alpha value is -4.11. The van der Waals surface area contributed by atoms with Crippen LogP contribution in [0.5, 0.6) is 11.5 Å². The number of methoxy groups -OCH3 is 2. The molecule has 2 N–H and O–H groups in total. The molecule has 3 heterocycles. The van der Waals surface area contributed by atoms with Crippen LogP contribution in [0.15, 0.2) is 77.3 Å². The molecule has 8 nitrogen and oxygen atoms in total. The third kappa shape index (κ3) is 3.90. The highest BCUT2D eigenvalue weighted by Crippen LogP contribution is 2.39. The van der Waals surface area contributed by atoms with E-state index in [2.05, 4.69) is 10.6 Å². The van der Waals surface area contributed by atoms with E-state index in [-0.39, 0.29) is 5.91 Å². The number of thiophene rings is 1. The van der Waals surface area contributed by atoms with Crippen molar-refractivity contribution in [3.8, 4) is 22.9 Å². The van der Waals surface area contributed by atoms with Crippen LogP contribution >= 0.6 is 11.3 Å². The lowest BCUT2D eigenvalue weighted by molar-refractivity contribution is -0.113. The molecular weight excluding hydrogens is 450 g/mol. The summed E-state index contributed by atoms with van der Waals surface area (Å²) < 4.78 is 12.5. The van der Waals surface area contributed by atoms with E-state index in [9.17, 15) is 4.79 Å². The lowest BCUT2D eigenvalue weighted by atomic mass is 10.0. The summed E-state index contributed by atoms with van der Waals surface area (Å²) in [5, 5.41) is 13.1. The van der Waals surface area contributed by atoms with Gasteiger partial charge in [0.25, 0.3) is 5.91 Å². The maximum atomic E-state index is 13.6. The van der Waals surface area contributed by atoms with Crippen LogP contribution in [0.25, 0.3) is 11.4 Å². The quantitative estimate of drug-likeness (QED) is 0.412. The number of para-hydroxylation sites is 2. The molecular formula is C25H23N5O3S. The largest absolute Gasteiger partial charge is 0.497 e. The maximum absolute atomic E-state index is 13.6. The normalized spacial score (nSPS) is 14.9. The smallest absolute Gasteiger partial charge is 0.256 e. The molecule has 2 aromatic heterocycles. The number of carbonyl (C=O) groups is 1. The van der Waals surface area contributed by atoms with Gasteiger partial charge in [-0.2, -0.15) is 4.98 Å². The maximum Gasteiger partial charge on any atom is 0.256 e. The fourth-order valence-electron chi connectivity index (χ4n) is 3.98. The molecule has 172 valence electrons. The van der Waals surface area contributed by atoms with Crippen molar-refractivity contribution >= 4 is 28.9 Å². The lowest BCUT2D eigenvalue weighted by Crippen LogP contribution is -2.31. The number of hydrogen-bond donors (Lipinski definition) is 2. The van der Waals surface area contributed by atoms with E-state index >= 15 is 0 Å². The zero-order chi connectivity index (χ0) is 23.7. The second-order valence-corrected chi connectivity index (χ2v) is 8.65. The number of fused-ring (bicyclic) bond motifs is 1. The molecule has 0 radical (unpaired) electrons. The summed E-state index contributed by atoms with van der Waals surface area (Å²) in [7, 11) is 3.20. The number of anilines is 2. The molecule has 9 heteroatoms. The number of nitrogens with one attached hydrogen (secondary N) is 2. The van der Waals surface area contributed by atoms with Gasteiger partial charge in [0.15, 0.2) is 5.82 Å². The molecule has 0 bridgehead atoms. The van der Waals surface area contributed by atoms with Crippen molar-refractivity contribution in [3.63, 3.8) is 0 Å². The molecule has 1 unspecified atom stereocenters. The molecule has 4 aromatic rings. The second kappa shape index (κ2) is 9.03. The Morgan fingerprint density at radius 2 is 1.94 bits per heavy atom. The molecule has 0 saturated carbocycles. The van der Waals surface area contributed by atoms with Crippen molar-refractivity contribution in [3.05, 3.63) is 82.2 Å². The first-order valence-corrected chi connectivity index (χ1v) is 11.5. The number of hydrogen-bond acceptors (Lipinski definition) is 7. The summed E-state index contributed by atoms with van der Waals surface area (Å²) in [6.07, 6.45) is 0. The van der Waals surface area contributed by atoms with Crippen LogP contribution in [-0.4, -0.2) is 34.9 Å². The third-order valence-corrected chi connectivity index (χ3v) is 6.52. The van der Waals surface area contributed by atoms with Crippen LogP contribution in [0.4, 0.5) is 11.6 Å². The summed E-state index contributed by atoms with van der Waals surface area (Å²) >= 11 is 1.57. The molecule has 5 rings (SSSR count). The van der Waals surface area contributed by atoms with Crippen molar-refractivity contribution in [1.29, 1.82) is 0 Å². The number of ether oxygens (including phenoxy) is 2. The predicted octanol–water partition coefficient (Wildman–Crippen LogP) is 4.95. The van der Waals surface area contributed by atoms with Crippen molar-refractivity contribution in [2.24, 2.45) is 0 Å². The Labute approximate surface area is 200 Å². The van der Waals surface area contributed by atoms with Crippen molar-refractivity contribution in [2.75, 3.05) is 24.9 Å². The topological polar surface area (TPSA) is 90.3 Å². The number of benzene rings is 2. The Balaban J connectivity index is 1.56. The molecule has 0 saturated heterocycles. The summed E-state index contributed by atoms with van der Waals surface area (Å²) in [6, 6.07) is 18.4. The van der Waals surface area contributed by atoms with Gasteiger partial charge in [-0.05, 0) is 42.6 Å². The first-order chi connectivity index (χ1) is 16.6. The zero-order valence-corrected chi connectivity index (χ0v) is 19.7. The number of amides is 1. The summed E-state index contributed by atoms with van der Waals surface area (Å²) in [4.78, 5) is 19.3. The molecule has 1 amide bonds. The van der Waals surface area contributed by atoms with Crippen LogP contribution < -0.4 is 20.1 Å². The molecule has 2 aromatic carbocycles. The Bertz CT molecular complexity index is 1380. The molecule has 0 fully saturated rings. The monoisotopic (exact) mass is 473 g/mol. The van der Waals surface area contributed by atoms with Gasteiger partial charge in [0.1, 0.15) is 17.5 Å². The van der Waals surface area contributed by atoms with Gasteiger partial charge in [-0.15, -0.1) is 16.4 Å². The molecule has 1 aliphatic rings. The minimum absolute atomic E-state index is 0.239. The van der Waals surface area contributed by atoms with Gasteiger partial charge in [0.2, 0.25) is 5.95 Å². The van der Waals surface area contributed by atoms with Crippen LogP contribution in [0, 0.1) is 0 Å². The highest BCUT2D eigenvalue weighted by atomic mass is 32.1. The van der Waals surface area contributed by atoms with Crippen LogP contribution in [-0.2, 0) is 4.79 Å². The summed E-state index contributed by atoms with van der Waals surface area (Å²) in [5.74, 6) is 2.19. The van der Waals surface area contributed by atoms with E-state index in [1.165, 1.54) is 0 Å². The number of aromatic nitrogens is 3. The Morgan fingerprint density at radius 1 is 1.09 bits per heavy atom. The van der Waals surface area contributed by atoms with Gasteiger partial charge < -0.3 is 20.1 Å². The molecule has 1 aliphatic heterocycles. The standard InChI is InChI=1S/C25H23N5O3S/c1-15-21(24(31)27-18-10-4-5-11-19(18)33-3)22(20-12-7-13-34-20)30-25(26-15)28-23(29-30)16-8-6-9-17(14-16)32-2/h4-14,22H,1-3H3,(H,27,31)(H,26,28,29). The average Bonchev–Trinajstić information content (AvgIpc) is 3.54. The van der Waals surface area contributed by atoms with E-state index in [1.54, 1.807) is 30.2 Å². The van der Waals surface area contributed by atoms with E-state index in [0.29, 0.717) is 34.5 Å². The fraction of sp³-hybridized carbons (Fsp3) is 0.160. The van der Waals surface area contributed by atoms with Crippen molar-refractivity contribution < 1.29 is 14.3 Å². The van der Waals surface area contributed by atoms with E-state index in [0.717, 1.165) is 16.2 Å². The Kier molecular flexibility index (Phi) is 5.77. The predicted molar refractivity (Wildman–Crippen MR) is 132 cm³/mol. The highest BCUT2D eigenvalue weighted by molar-refractivity contribution is 7.10. The van der Waals surface area contributed by atoms with Crippen molar-refractivity contribution in [2.45, 2.75) is 13.0 Å². The van der Waals surface area contributed by atoms with Gasteiger partial charge >= 0.3 is 0 Å². The van der Waals surface area contributed by atoms with Crippen LogP contribution in [0.3, 0.4) is 0 Å². The molecule has 0 spiro atoms. The number of nitrogens with zero attached hydrogens (tertiary/aromatic N) is 3. The van der Waals surface area contributed by atoms with Crippen LogP contribution in [0.1, 0.15) is 17.8 Å². The molecule has 34 heavy (non-hydrogen) atoms. The number of rotatable bonds is 6. The van der Waals surface area contributed by atoms with E-state index in [1.807, 2.05) is 73.0 Å². The SMILES string of the molecule is COc1cccc(-c2nc3n(n2)C(c2cccs2)C(C(=O)Nc2ccccc2OC)=C(C)N3)c1. The molecule has 1 atom stereocenters. The van der Waals surface area contributed by atoms with Gasteiger partial charge in [-0.3, -0.25) is 4.79 Å². The number of allylic oxidation sites excluding steroid dienone is 1. The first kappa shape index (κ1) is 21.7. The minimum atomic E-state index is -0.433.